The fourth-order valence-corrected chi connectivity index (χ4v) is 1.48. The van der Waals surface area contributed by atoms with Gasteiger partial charge in [0.05, 0.1) is 0 Å². The Kier molecular flexibility index (Phi) is 7.87. The van der Waals surface area contributed by atoms with Gasteiger partial charge in [0.25, 0.3) is 5.91 Å². The minimum Gasteiger partial charge on any atom is -0.490 e. The molecule has 25 heavy (non-hydrogen) atoms. The predicted octanol–water partition coefficient (Wildman–Crippen LogP) is 2.05. The highest BCUT2D eigenvalue weighted by molar-refractivity contribution is 6.27. The van der Waals surface area contributed by atoms with Gasteiger partial charge in [-0.1, -0.05) is 18.7 Å². The van der Waals surface area contributed by atoms with E-state index in [1.54, 1.807) is 48.7 Å². The van der Waals surface area contributed by atoms with Crippen molar-refractivity contribution in [3.05, 3.63) is 66.9 Å². The Hall–Kier alpha value is -3.68. The highest BCUT2D eigenvalue weighted by Gasteiger charge is 2.06. The molecule has 1 heterocycles. The largest absolute Gasteiger partial charge is 0.490 e. The summed E-state index contributed by atoms with van der Waals surface area (Å²) in [6, 6.07) is 12.2. The van der Waals surface area contributed by atoms with Crippen LogP contribution >= 0.6 is 0 Å². The number of nitrogens with zero attached hydrogens (tertiary/aromatic N) is 1. The summed E-state index contributed by atoms with van der Waals surface area (Å²) >= 11 is 0. The van der Waals surface area contributed by atoms with E-state index in [0.717, 1.165) is 0 Å². The molecule has 0 radical (unpaired) electrons. The second kappa shape index (κ2) is 10.2. The third kappa shape index (κ3) is 7.42. The van der Waals surface area contributed by atoms with Gasteiger partial charge in [-0.2, -0.15) is 0 Å². The second-order valence-electron chi connectivity index (χ2n) is 4.40. The maximum Gasteiger partial charge on any atom is 0.414 e. The summed E-state index contributed by atoms with van der Waals surface area (Å²) < 4.78 is 5.35. The molecule has 0 aliphatic heterocycles. The lowest BCUT2D eigenvalue weighted by atomic mass is 10.2. The number of aromatic nitrogens is 1. The molecule has 0 saturated heterocycles. The zero-order valence-electron chi connectivity index (χ0n) is 13.1. The van der Waals surface area contributed by atoms with Crippen LogP contribution in [0.15, 0.2) is 61.3 Å². The van der Waals surface area contributed by atoms with E-state index in [9.17, 15) is 4.79 Å². The summed E-state index contributed by atoms with van der Waals surface area (Å²) in [4.78, 5) is 34.2. The minimum absolute atomic E-state index is 0.200. The van der Waals surface area contributed by atoms with Crippen molar-refractivity contribution in [3.8, 4) is 5.75 Å². The predicted molar refractivity (Wildman–Crippen MR) is 89.6 cm³/mol. The summed E-state index contributed by atoms with van der Waals surface area (Å²) in [5.41, 5.74) is 0.552. The Bertz CT molecular complexity index is 717. The van der Waals surface area contributed by atoms with Gasteiger partial charge in [0, 0.05) is 11.8 Å². The van der Waals surface area contributed by atoms with Crippen LogP contribution in [-0.4, -0.2) is 39.6 Å². The summed E-state index contributed by atoms with van der Waals surface area (Å²) in [7, 11) is 0. The number of hydrogen-bond donors (Lipinski definition) is 3. The summed E-state index contributed by atoms with van der Waals surface area (Å²) in [5.74, 6) is -2.62. The third-order valence-electron chi connectivity index (χ3n) is 2.57. The van der Waals surface area contributed by atoms with Crippen molar-refractivity contribution in [2.45, 2.75) is 0 Å². The van der Waals surface area contributed by atoms with Gasteiger partial charge in [0.15, 0.2) is 0 Å². The topological polar surface area (TPSA) is 126 Å². The lowest BCUT2D eigenvalue weighted by Crippen LogP contribution is -2.12. The van der Waals surface area contributed by atoms with Crippen LogP contribution in [0.2, 0.25) is 0 Å². The highest BCUT2D eigenvalue weighted by Crippen LogP contribution is 2.13. The molecule has 2 rings (SSSR count). The SMILES string of the molecule is C=CCOc1ccc(C(=O)Nc2ccccn2)cc1.O=C(O)C(=O)O. The van der Waals surface area contributed by atoms with Gasteiger partial charge in [-0.05, 0) is 36.4 Å². The molecule has 0 atom stereocenters. The van der Waals surface area contributed by atoms with Crippen molar-refractivity contribution in [2.24, 2.45) is 0 Å². The maximum absolute atomic E-state index is 11.9. The Balaban J connectivity index is 0.000000450. The molecule has 0 saturated carbocycles. The number of rotatable bonds is 5. The number of hydrogen-bond acceptors (Lipinski definition) is 5. The molecule has 0 bridgehead atoms. The van der Waals surface area contributed by atoms with Crippen molar-refractivity contribution in [1.29, 1.82) is 0 Å². The molecule has 3 N–H and O–H groups in total. The smallest absolute Gasteiger partial charge is 0.414 e. The molecular weight excluding hydrogens is 328 g/mol. The van der Waals surface area contributed by atoms with Gasteiger partial charge in [-0.15, -0.1) is 0 Å². The number of ether oxygens (including phenoxy) is 1. The fourth-order valence-electron chi connectivity index (χ4n) is 1.48. The van der Waals surface area contributed by atoms with Gasteiger partial charge in [-0.25, -0.2) is 14.6 Å². The molecule has 0 unspecified atom stereocenters. The van der Waals surface area contributed by atoms with Crippen LogP contribution in [-0.2, 0) is 9.59 Å². The van der Waals surface area contributed by atoms with E-state index in [4.69, 9.17) is 24.5 Å². The van der Waals surface area contributed by atoms with Crippen LogP contribution < -0.4 is 10.1 Å². The van der Waals surface area contributed by atoms with Crippen molar-refractivity contribution < 1.29 is 29.3 Å². The number of nitrogens with one attached hydrogen (secondary N) is 1. The van der Waals surface area contributed by atoms with Crippen LogP contribution in [0.25, 0.3) is 0 Å². The number of pyridine rings is 1. The molecule has 0 aliphatic carbocycles. The fraction of sp³-hybridized carbons (Fsp3) is 0.0588. The number of benzene rings is 1. The Morgan fingerprint density at radius 2 is 1.72 bits per heavy atom. The number of aliphatic carboxylic acids is 2. The maximum atomic E-state index is 11.9. The molecule has 2 aromatic rings. The standard InChI is InChI=1S/C15H14N2O2.C2H2O4/c1-2-11-19-13-8-6-12(7-9-13)15(18)17-14-5-3-4-10-16-14;3-1(4)2(5)6/h2-10H,1,11H2,(H,16,17,18);(H,3,4)(H,5,6). The number of amides is 1. The van der Waals surface area contributed by atoms with E-state index in [1.165, 1.54) is 0 Å². The van der Waals surface area contributed by atoms with E-state index < -0.39 is 11.9 Å². The van der Waals surface area contributed by atoms with Crippen LogP contribution in [0, 0.1) is 0 Å². The van der Waals surface area contributed by atoms with Gasteiger partial charge in [-0.3, -0.25) is 4.79 Å². The van der Waals surface area contributed by atoms with E-state index >= 15 is 0 Å². The lowest BCUT2D eigenvalue weighted by Gasteiger charge is -2.06. The molecule has 0 spiro atoms. The number of carboxylic acid groups (broad SMARTS) is 2. The Labute approximate surface area is 143 Å². The van der Waals surface area contributed by atoms with Gasteiger partial charge < -0.3 is 20.3 Å². The monoisotopic (exact) mass is 344 g/mol. The summed E-state index contributed by atoms with van der Waals surface area (Å²) in [5, 5.41) is 17.5. The van der Waals surface area contributed by atoms with Crippen LogP contribution in [0.3, 0.4) is 0 Å². The highest BCUT2D eigenvalue weighted by atomic mass is 16.5. The first-order chi connectivity index (χ1) is 11.9. The number of carbonyl (C=O) groups is 3. The normalized spacial score (nSPS) is 9.12. The van der Waals surface area contributed by atoms with Crippen molar-refractivity contribution in [2.75, 3.05) is 11.9 Å². The van der Waals surface area contributed by atoms with Gasteiger partial charge >= 0.3 is 11.9 Å². The lowest BCUT2D eigenvalue weighted by molar-refractivity contribution is -0.159. The first-order valence-corrected chi connectivity index (χ1v) is 6.96. The molecule has 1 aromatic heterocycles. The number of carbonyl (C=O) groups excluding carboxylic acids is 1. The molecule has 0 aliphatic rings. The summed E-state index contributed by atoms with van der Waals surface area (Å²) in [6.07, 6.45) is 3.30. The average Bonchev–Trinajstić information content (AvgIpc) is 2.61. The van der Waals surface area contributed by atoms with Crippen LogP contribution in [0.1, 0.15) is 10.4 Å². The quantitative estimate of drug-likeness (QED) is 0.560. The van der Waals surface area contributed by atoms with Crippen LogP contribution in [0.4, 0.5) is 5.82 Å². The zero-order valence-corrected chi connectivity index (χ0v) is 13.1. The first kappa shape index (κ1) is 19.4. The van der Waals surface area contributed by atoms with E-state index in [0.29, 0.717) is 23.7 Å². The van der Waals surface area contributed by atoms with E-state index in [2.05, 4.69) is 16.9 Å². The second-order valence-corrected chi connectivity index (χ2v) is 4.40. The molecule has 8 heteroatoms. The molecule has 0 fully saturated rings. The molecule has 1 amide bonds. The number of carboxylic acids is 2. The summed E-state index contributed by atoms with van der Waals surface area (Å²) in [6.45, 7) is 4.02. The molecule has 130 valence electrons. The average molecular weight is 344 g/mol. The zero-order chi connectivity index (χ0) is 18.7. The number of anilines is 1. The Morgan fingerprint density at radius 3 is 2.20 bits per heavy atom. The van der Waals surface area contributed by atoms with E-state index in [1.807, 2.05) is 6.07 Å². The van der Waals surface area contributed by atoms with Gasteiger partial charge in [0.1, 0.15) is 18.2 Å². The molecule has 8 nitrogen and oxygen atoms in total. The van der Waals surface area contributed by atoms with Crippen molar-refractivity contribution >= 4 is 23.7 Å². The van der Waals surface area contributed by atoms with Crippen LogP contribution in [0.5, 0.6) is 5.75 Å². The van der Waals surface area contributed by atoms with Crippen molar-refractivity contribution in [3.63, 3.8) is 0 Å². The molecular formula is C17H16N2O6. The minimum atomic E-state index is -1.82. The third-order valence-corrected chi connectivity index (χ3v) is 2.57. The van der Waals surface area contributed by atoms with Crippen molar-refractivity contribution in [1.82, 2.24) is 4.98 Å². The molecule has 1 aromatic carbocycles. The van der Waals surface area contributed by atoms with E-state index in [-0.39, 0.29) is 5.91 Å². The Morgan fingerprint density at radius 1 is 1.08 bits per heavy atom. The first-order valence-electron chi connectivity index (χ1n) is 6.96. The van der Waals surface area contributed by atoms with Gasteiger partial charge in [0.2, 0.25) is 0 Å².